The van der Waals surface area contributed by atoms with Gasteiger partial charge in [0, 0.05) is 11.6 Å². The van der Waals surface area contributed by atoms with Crippen molar-refractivity contribution in [1.82, 2.24) is 10.1 Å². The molecule has 7 nitrogen and oxygen atoms in total. The van der Waals surface area contributed by atoms with Crippen LogP contribution in [0.15, 0.2) is 77.3 Å². The molecule has 3 aromatic carbocycles. The van der Waals surface area contributed by atoms with E-state index in [4.69, 9.17) is 14.0 Å². The molecule has 0 unspecified atom stereocenters. The molecule has 4 rings (SSSR count). The van der Waals surface area contributed by atoms with E-state index in [0.717, 1.165) is 5.56 Å². The number of anilines is 1. The highest BCUT2D eigenvalue weighted by molar-refractivity contribution is 6.08. The van der Waals surface area contributed by atoms with Crippen molar-refractivity contribution < 1.29 is 18.8 Å². The summed E-state index contributed by atoms with van der Waals surface area (Å²) in [5.41, 5.74) is 2.25. The van der Waals surface area contributed by atoms with E-state index in [2.05, 4.69) is 15.5 Å². The van der Waals surface area contributed by atoms with Gasteiger partial charge in [0.25, 0.3) is 11.8 Å². The lowest BCUT2D eigenvalue weighted by atomic mass is 10.1. The van der Waals surface area contributed by atoms with Crippen molar-refractivity contribution in [3.05, 3.63) is 78.4 Å². The minimum Gasteiger partial charge on any atom is -0.497 e. The Labute approximate surface area is 173 Å². The highest BCUT2D eigenvalue weighted by atomic mass is 16.5. The SMILES string of the molecule is COc1ccc(OC)c(NC(=O)c2ccccc2-c2nc(-c3ccccc3)no2)c1. The summed E-state index contributed by atoms with van der Waals surface area (Å²) in [5.74, 6) is 1.50. The Morgan fingerprint density at radius 2 is 1.70 bits per heavy atom. The maximum Gasteiger partial charge on any atom is 0.259 e. The fourth-order valence-corrected chi connectivity index (χ4v) is 3.01. The van der Waals surface area contributed by atoms with E-state index in [1.54, 1.807) is 43.5 Å². The van der Waals surface area contributed by atoms with Crippen LogP contribution in [0.1, 0.15) is 10.4 Å². The van der Waals surface area contributed by atoms with Crippen LogP contribution in [0.5, 0.6) is 11.5 Å². The second kappa shape index (κ2) is 8.48. The summed E-state index contributed by atoms with van der Waals surface area (Å²) in [6, 6.07) is 21.7. The second-order valence-electron chi connectivity index (χ2n) is 6.36. The van der Waals surface area contributed by atoms with Crippen LogP contribution in [0.4, 0.5) is 5.69 Å². The zero-order valence-corrected chi connectivity index (χ0v) is 16.5. The van der Waals surface area contributed by atoms with Crippen molar-refractivity contribution in [1.29, 1.82) is 0 Å². The molecule has 1 amide bonds. The first-order valence-corrected chi connectivity index (χ1v) is 9.21. The number of nitrogens with zero attached hydrogens (tertiary/aromatic N) is 2. The first-order chi connectivity index (χ1) is 14.7. The van der Waals surface area contributed by atoms with E-state index in [0.29, 0.717) is 34.1 Å². The minimum atomic E-state index is -0.336. The van der Waals surface area contributed by atoms with Gasteiger partial charge in [-0.1, -0.05) is 47.6 Å². The number of amides is 1. The minimum absolute atomic E-state index is 0.261. The Morgan fingerprint density at radius 1 is 0.933 bits per heavy atom. The molecule has 7 heteroatoms. The van der Waals surface area contributed by atoms with Crippen LogP contribution in [0.2, 0.25) is 0 Å². The first kappa shape index (κ1) is 19.2. The third-order valence-corrected chi connectivity index (χ3v) is 4.51. The summed E-state index contributed by atoms with van der Waals surface area (Å²) < 4.78 is 16.0. The molecule has 0 aliphatic heterocycles. The summed E-state index contributed by atoms with van der Waals surface area (Å²) in [5, 5.41) is 6.91. The number of carbonyl (C=O) groups is 1. The Morgan fingerprint density at radius 3 is 2.47 bits per heavy atom. The van der Waals surface area contributed by atoms with Crippen molar-refractivity contribution in [2.75, 3.05) is 19.5 Å². The number of rotatable bonds is 6. The fourth-order valence-electron chi connectivity index (χ4n) is 3.01. The molecule has 0 atom stereocenters. The molecule has 0 fully saturated rings. The number of methoxy groups -OCH3 is 2. The van der Waals surface area contributed by atoms with Gasteiger partial charge in [-0.05, 0) is 24.3 Å². The molecule has 0 bridgehead atoms. The summed E-state index contributed by atoms with van der Waals surface area (Å²) in [6.07, 6.45) is 0. The van der Waals surface area contributed by atoms with Crippen LogP contribution in [0.3, 0.4) is 0 Å². The van der Waals surface area contributed by atoms with Crippen LogP contribution >= 0.6 is 0 Å². The highest BCUT2D eigenvalue weighted by Gasteiger charge is 2.19. The van der Waals surface area contributed by atoms with E-state index in [-0.39, 0.29) is 11.8 Å². The normalized spacial score (nSPS) is 10.5. The highest BCUT2D eigenvalue weighted by Crippen LogP contribution is 2.31. The maximum atomic E-state index is 13.1. The van der Waals surface area contributed by atoms with Gasteiger partial charge in [0.15, 0.2) is 0 Å². The molecule has 0 radical (unpaired) electrons. The fraction of sp³-hybridized carbons (Fsp3) is 0.0870. The van der Waals surface area contributed by atoms with Gasteiger partial charge in [-0.2, -0.15) is 4.98 Å². The van der Waals surface area contributed by atoms with Crippen LogP contribution in [-0.2, 0) is 0 Å². The van der Waals surface area contributed by atoms with Crippen LogP contribution in [0.25, 0.3) is 22.8 Å². The number of ether oxygens (including phenoxy) is 2. The van der Waals surface area contributed by atoms with Crippen molar-refractivity contribution in [3.8, 4) is 34.3 Å². The number of hydrogen-bond acceptors (Lipinski definition) is 6. The lowest BCUT2D eigenvalue weighted by molar-refractivity contribution is 0.102. The predicted molar refractivity (Wildman–Crippen MR) is 113 cm³/mol. The van der Waals surface area contributed by atoms with Gasteiger partial charge in [-0.3, -0.25) is 4.79 Å². The summed E-state index contributed by atoms with van der Waals surface area (Å²) in [7, 11) is 3.09. The Bertz CT molecular complexity index is 1170. The summed E-state index contributed by atoms with van der Waals surface area (Å²) in [4.78, 5) is 17.5. The monoisotopic (exact) mass is 401 g/mol. The van der Waals surface area contributed by atoms with Gasteiger partial charge < -0.3 is 19.3 Å². The molecule has 150 valence electrons. The lowest BCUT2D eigenvalue weighted by Gasteiger charge is -2.12. The molecule has 30 heavy (non-hydrogen) atoms. The number of hydrogen-bond donors (Lipinski definition) is 1. The largest absolute Gasteiger partial charge is 0.497 e. The summed E-state index contributed by atoms with van der Waals surface area (Å²) in [6.45, 7) is 0. The maximum absolute atomic E-state index is 13.1. The molecule has 1 N–H and O–H groups in total. The van der Waals surface area contributed by atoms with Gasteiger partial charge >= 0.3 is 0 Å². The van der Waals surface area contributed by atoms with Crippen LogP contribution in [-0.4, -0.2) is 30.3 Å². The third-order valence-electron chi connectivity index (χ3n) is 4.51. The molecular weight excluding hydrogens is 382 g/mol. The van der Waals surface area contributed by atoms with Crippen LogP contribution in [0, 0.1) is 0 Å². The topological polar surface area (TPSA) is 86.5 Å². The quantitative estimate of drug-likeness (QED) is 0.505. The molecule has 0 aliphatic carbocycles. The van der Waals surface area contributed by atoms with Crippen molar-refractivity contribution in [3.63, 3.8) is 0 Å². The zero-order chi connectivity index (χ0) is 20.9. The average molecular weight is 401 g/mol. The third kappa shape index (κ3) is 3.86. The van der Waals surface area contributed by atoms with E-state index < -0.39 is 0 Å². The van der Waals surface area contributed by atoms with Gasteiger partial charge in [0.2, 0.25) is 5.82 Å². The molecule has 4 aromatic rings. The number of aromatic nitrogens is 2. The van der Waals surface area contributed by atoms with E-state index in [1.807, 2.05) is 36.4 Å². The van der Waals surface area contributed by atoms with Crippen molar-refractivity contribution in [2.45, 2.75) is 0 Å². The van der Waals surface area contributed by atoms with Crippen molar-refractivity contribution in [2.24, 2.45) is 0 Å². The Kier molecular flexibility index (Phi) is 5.43. The molecule has 1 aromatic heterocycles. The van der Waals surface area contributed by atoms with Crippen LogP contribution < -0.4 is 14.8 Å². The smallest absolute Gasteiger partial charge is 0.259 e. The standard InChI is InChI=1S/C23H19N3O4/c1-28-16-12-13-20(29-2)19(14-16)24-22(27)17-10-6-7-11-18(17)23-25-21(26-30-23)15-8-4-3-5-9-15/h3-14H,1-2H3,(H,24,27). The predicted octanol–water partition coefficient (Wildman–Crippen LogP) is 4.67. The van der Waals surface area contributed by atoms with E-state index >= 15 is 0 Å². The average Bonchev–Trinajstić information content (AvgIpc) is 3.30. The second-order valence-corrected chi connectivity index (χ2v) is 6.36. The van der Waals surface area contributed by atoms with Gasteiger partial charge in [0.1, 0.15) is 11.5 Å². The van der Waals surface area contributed by atoms with Gasteiger partial charge in [0.05, 0.1) is 31.0 Å². The van der Waals surface area contributed by atoms with Crippen molar-refractivity contribution >= 4 is 11.6 Å². The molecule has 0 saturated heterocycles. The van der Waals surface area contributed by atoms with E-state index in [1.165, 1.54) is 7.11 Å². The molecule has 0 spiro atoms. The van der Waals surface area contributed by atoms with E-state index in [9.17, 15) is 4.79 Å². The zero-order valence-electron chi connectivity index (χ0n) is 16.5. The summed E-state index contributed by atoms with van der Waals surface area (Å²) >= 11 is 0. The Hall–Kier alpha value is -4.13. The molecule has 0 saturated carbocycles. The number of nitrogens with one attached hydrogen (secondary N) is 1. The number of benzene rings is 3. The molecule has 1 heterocycles. The lowest BCUT2D eigenvalue weighted by Crippen LogP contribution is -2.14. The Balaban J connectivity index is 1.66. The molecule has 0 aliphatic rings. The first-order valence-electron chi connectivity index (χ1n) is 9.21. The number of carbonyl (C=O) groups excluding carboxylic acids is 1. The molecular formula is C23H19N3O4. The van der Waals surface area contributed by atoms with Gasteiger partial charge in [-0.25, -0.2) is 0 Å². The van der Waals surface area contributed by atoms with Gasteiger partial charge in [-0.15, -0.1) is 0 Å².